The van der Waals surface area contributed by atoms with Gasteiger partial charge in [0, 0.05) is 20.6 Å². The van der Waals surface area contributed by atoms with Gasteiger partial charge in [0.1, 0.15) is 5.15 Å². The number of halogens is 1. The van der Waals surface area contributed by atoms with E-state index in [4.69, 9.17) is 17.3 Å². The number of carbonyl (C=O) groups is 1. The average Bonchev–Trinajstić information content (AvgIpc) is 2.29. The third-order valence-electron chi connectivity index (χ3n) is 2.38. The summed E-state index contributed by atoms with van der Waals surface area (Å²) in [4.78, 5) is 19.1. The minimum Gasteiger partial charge on any atom is -0.396 e. The lowest BCUT2D eigenvalue weighted by Gasteiger charge is -2.24. The number of nitrogens with two attached hydrogens (primary N) is 1. The molecular weight excluding hydrogens is 240 g/mol. The molecule has 0 bridgehead atoms. The molecular formula is C11H17ClN4O. The van der Waals surface area contributed by atoms with E-state index < -0.39 is 0 Å². The molecule has 0 aliphatic heterocycles. The average molecular weight is 257 g/mol. The fraction of sp³-hybridized carbons (Fsp3) is 0.455. The fourth-order valence-corrected chi connectivity index (χ4v) is 1.47. The smallest absolute Gasteiger partial charge is 0.241 e. The van der Waals surface area contributed by atoms with Gasteiger partial charge in [0.15, 0.2) is 5.82 Å². The first kappa shape index (κ1) is 13.6. The van der Waals surface area contributed by atoms with Gasteiger partial charge in [-0.2, -0.15) is 0 Å². The van der Waals surface area contributed by atoms with Crippen molar-refractivity contribution in [2.75, 3.05) is 37.8 Å². The van der Waals surface area contributed by atoms with Crippen molar-refractivity contribution in [3.63, 3.8) is 0 Å². The predicted molar refractivity (Wildman–Crippen MR) is 70.2 cm³/mol. The molecule has 0 radical (unpaired) electrons. The highest BCUT2D eigenvalue weighted by atomic mass is 35.5. The van der Waals surface area contributed by atoms with E-state index in [0.717, 1.165) is 0 Å². The van der Waals surface area contributed by atoms with Crippen molar-refractivity contribution < 1.29 is 4.79 Å². The second-order valence-corrected chi connectivity index (χ2v) is 4.24. The maximum Gasteiger partial charge on any atom is 0.241 e. The van der Waals surface area contributed by atoms with E-state index in [0.29, 0.717) is 23.2 Å². The van der Waals surface area contributed by atoms with E-state index in [-0.39, 0.29) is 12.5 Å². The van der Waals surface area contributed by atoms with Crippen molar-refractivity contribution in [2.24, 2.45) is 0 Å². The highest BCUT2D eigenvalue weighted by molar-refractivity contribution is 6.29. The lowest BCUT2D eigenvalue weighted by molar-refractivity contribution is -0.127. The van der Waals surface area contributed by atoms with E-state index >= 15 is 0 Å². The van der Waals surface area contributed by atoms with Gasteiger partial charge < -0.3 is 15.5 Å². The Morgan fingerprint density at radius 2 is 2.12 bits per heavy atom. The Morgan fingerprint density at radius 3 is 2.65 bits per heavy atom. The lowest BCUT2D eigenvalue weighted by Crippen LogP contribution is -2.37. The van der Waals surface area contributed by atoms with Gasteiger partial charge in [0.05, 0.1) is 12.2 Å². The summed E-state index contributed by atoms with van der Waals surface area (Å²) in [6.07, 6.45) is 0. The molecule has 0 saturated carbocycles. The van der Waals surface area contributed by atoms with E-state index in [1.54, 1.807) is 31.1 Å². The third kappa shape index (κ3) is 3.49. The minimum absolute atomic E-state index is 0.00646. The molecule has 1 aromatic rings. The maximum atomic E-state index is 11.7. The largest absolute Gasteiger partial charge is 0.396 e. The molecule has 1 heterocycles. The number of carbonyl (C=O) groups excluding carboxylic acids is 1. The zero-order valence-corrected chi connectivity index (χ0v) is 11.0. The Labute approximate surface area is 106 Å². The molecule has 5 nitrogen and oxygen atoms in total. The first-order chi connectivity index (χ1) is 7.95. The number of hydrogen-bond acceptors (Lipinski definition) is 4. The second kappa shape index (κ2) is 5.72. The Bertz CT molecular complexity index is 408. The van der Waals surface area contributed by atoms with Gasteiger partial charge in [0.2, 0.25) is 5.91 Å². The van der Waals surface area contributed by atoms with Gasteiger partial charge in [-0.25, -0.2) is 4.98 Å². The van der Waals surface area contributed by atoms with Crippen LogP contribution in [-0.2, 0) is 4.79 Å². The van der Waals surface area contributed by atoms with Crippen LogP contribution in [0.25, 0.3) is 0 Å². The molecule has 2 N–H and O–H groups in total. The Kier molecular flexibility index (Phi) is 4.57. The molecule has 1 rings (SSSR count). The molecule has 1 aromatic heterocycles. The van der Waals surface area contributed by atoms with Crippen LogP contribution in [0.15, 0.2) is 12.1 Å². The van der Waals surface area contributed by atoms with Gasteiger partial charge >= 0.3 is 0 Å². The molecule has 0 spiro atoms. The van der Waals surface area contributed by atoms with Crippen molar-refractivity contribution in [1.82, 2.24) is 9.88 Å². The van der Waals surface area contributed by atoms with E-state index in [1.165, 1.54) is 4.90 Å². The van der Waals surface area contributed by atoms with Crippen LogP contribution in [0.2, 0.25) is 5.15 Å². The van der Waals surface area contributed by atoms with Gasteiger partial charge in [-0.05, 0) is 19.1 Å². The molecule has 94 valence electrons. The summed E-state index contributed by atoms with van der Waals surface area (Å²) in [6.45, 7) is 2.81. The van der Waals surface area contributed by atoms with Crippen LogP contribution >= 0.6 is 11.6 Å². The number of anilines is 2. The predicted octanol–water partition coefficient (Wildman–Crippen LogP) is 1.23. The summed E-state index contributed by atoms with van der Waals surface area (Å²) in [5.74, 6) is 0.545. The number of hydrogen-bond donors (Lipinski definition) is 1. The summed E-state index contributed by atoms with van der Waals surface area (Å²) in [7, 11) is 3.43. The number of nitrogens with zero attached hydrogens (tertiary/aromatic N) is 3. The van der Waals surface area contributed by atoms with Crippen LogP contribution in [0.4, 0.5) is 11.5 Å². The van der Waals surface area contributed by atoms with Crippen molar-refractivity contribution in [2.45, 2.75) is 6.92 Å². The van der Waals surface area contributed by atoms with Crippen molar-refractivity contribution in [3.05, 3.63) is 17.3 Å². The quantitative estimate of drug-likeness (QED) is 0.823. The standard InChI is InChI=1S/C11H17ClN4O/c1-4-16(7-10(17)15(2)3)11-8(13)5-6-9(12)14-11/h5-6H,4,7,13H2,1-3H3. The number of likely N-dealkylation sites (N-methyl/N-ethyl adjacent to an activating group) is 2. The van der Waals surface area contributed by atoms with Crippen LogP contribution in [0, 0.1) is 0 Å². The number of nitrogen functional groups attached to an aromatic ring is 1. The molecule has 6 heteroatoms. The normalized spacial score (nSPS) is 10.1. The zero-order valence-electron chi connectivity index (χ0n) is 10.3. The maximum absolute atomic E-state index is 11.7. The SMILES string of the molecule is CCN(CC(=O)N(C)C)c1nc(Cl)ccc1N. The summed E-state index contributed by atoms with van der Waals surface area (Å²) < 4.78 is 0. The molecule has 0 unspecified atom stereocenters. The molecule has 1 amide bonds. The first-order valence-corrected chi connectivity index (χ1v) is 5.70. The van der Waals surface area contributed by atoms with Crippen LogP contribution in [0.3, 0.4) is 0 Å². The third-order valence-corrected chi connectivity index (χ3v) is 2.59. The van der Waals surface area contributed by atoms with Crippen LogP contribution in [0.5, 0.6) is 0 Å². The van der Waals surface area contributed by atoms with E-state index in [9.17, 15) is 4.79 Å². The van der Waals surface area contributed by atoms with Crippen molar-refractivity contribution in [3.8, 4) is 0 Å². The molecule has 0 aliphatic carbocycles. The van der Waals surface area contributed by atoms with Crippen molar-refractivity contribution in [1.29, 1.82) is 0 Å². The number of amides is 1. The number of rotatable bonds is 4. The summed E-state index contributed by atoms with van der Waals surface area (Å²) in [5, 5.41) is 0.366. The molecule has 0 aromatic carbocycles. The van der Waals surface area contributed by atoms with Gasteiger partial charge in [-0.1, -0.05) is 11.6 Å². The highest BCUT2D eigenvalue weighted by Crippen LogP contribution is 2.22. The Hall–Kier alpha value is -1.49. The van der Waals surface area contributed by atoms with Gasteiger partial charge in [-0.15, -0.1) is 0 Å². The van der Waals surface area contributed by atoms with Crippen molar-refractivity contribution >= 4 is 29.0 Å². The van der Waals surface area contributed by atoms with E-state index in [2.05, 4.69) is 4.98 Å². The van der Waals surface area contributed by atoms with Crippen LogP contribution in [0.1, 0.15) is 6.92 Å². The van der Waals surface area contributed by atoms with Crippen LogP contribution < -0.4 is 10.6 Å². The topological polar surface area (TPSA) is 62.5 Å². The summed E-state index contributed by atoms with van der Waals surface area (Å²) in [6, 6.07) is 3.31. The number of aromatic nitrogens is 1. The first-order valence-electron chi connectivity index (χ1n) is 5.32. The second-order valence-electron chi connectivity index (χ2n) is 3.85. The molecule has 0 aliphatic rings. The number of pyridine rings is 1. The Balaban J connectivity index is 2.93. The molecule has 0 saturated heterocycles. The molecule has 0 fully saturated rings. The highest BCUT2D eigenvalue weighted by Gasteiger charge is 2.15. The minimum atomic E-state index is -0.00646. The monoisotopic (exact) mass is 256 g/mol. The van der Waals surface area contributed by atoms with E-state index in [1.807, 2.05) is 6.92 Å². The summed E-state index contributed by atoms with van der Waals surface area (Å²) >= 11 is 5.83. The Morgan fingerprint density at radius 1 is 1.47 bits per heavy atom. The molecule has 17 heavy (non-hydrogen) atoms. The fourth-order valence-electron chi connectivity index (χ4n) is 1.33. The lowest BCUT2D eigenvalue weighted by atomic mass is 10.3. The molecule has 0 atom stereocenters. The zero-order chi connectivity index (χ0) is 13.0. The summed E-state index contributed by atoms with van der Waals surface area (Å²) in [5.41, 5.74) is 6.35. The van der Waals surface area contributed by atoms with Gasteiger partial charge in [0.25, 0.3) is 0 Å². The van der Waals surface area contributed by atoms with Crippen LogP contribution in [-0.4, -0.2) is 43.0 Å². The van der Waals surface area contributed by atoms with Gasteiger partial charge in [-0.3, -0.25) is 4.79 Å².